The average molecular weight is 306 g/mol. The third-order valence-corrected chi connectivity index (χ3v) is 3.84. The Hall–Kier alpha value is -3.14. The summed E-state index contributed by atoms with van der Waals surface area (Å²) < 4.78 is 0. The molecule has 1 aliphatic carbocycles. The molecule has 0 aromatic heterocycles. The van der Waals surface area contributed by atoms with Gasteiger partial charge in [-0.25, -0.2) is 9.59 Å². The largest absolute Gasteiger partial charge is 0.478 e. The molecular formula is C19H14O4. The van der Waals surface area contributed by atoms with Crippen LogP contribution in [0.4, 0.5) is 0 Å². The summed E-state index contributed by atoms with van der Waals surface area (Å²) in [4.78, 5) is 21.7. The van der Waals surface area contributed by atoms with Gasteiger partial charge in [-0.05, 0) is 27.5 Å². The predicted molar refractivity (Wildman–Crippen MR) is 88.2 cm³/mol. The Morgan fingerprint density at radius 2 is 1.65 bits per heavy atom. The maximum atomic E-state index is 10.9. The third-order valence-electron chi connectivity index (χ3n) is 3.84. The van der Waals surface area contributed by atoms with Crippen LogP contribution in [0.5, 0.6) is 0 Å². The summed E-state index contributed by atoms with van der Waals surface area (Å²) in [5, 5.41) is 19.9. The molecule has 4 nitrogen and oxygen atoms in total. The van der Waals surface area contributed by atoms with Crippen molar-refractivity contribution >= 4 is 28.8 Å². The molecule has 0 amide bonds. The van der Waals surface area contributed by atoms with E-state index in [1.54, 1.807) is 6.08 Å². The molecule has 0 saturated carbocycles. The van der Waals surface area contributed by atoms with Gasteiger partial charge in [0.15, 0.2) is 0 Å². The van der Waals surface area contributed by atoms with Crippen molar-refractivity contribution in [1.82, 2.24) is 0 Å². The van der Waals surface area contributed by atoms with Crippen molar-refractivity contribution in [2.24, 2.45) is 0 Å². The number of carboxylic acid groups (broad SMARTS) is 2. The van der Waals surface area contributed by atoms with Gasteiger partial charge in [-0.2, -0.15) is 0 Å². The van der Waals surface area contributed by atoms with Gasteiger partial charge in [-0.15, -0.1) is 0 Å². The second-order valence-electron chi connectivity index (χ2n) is 5.28. The van der Waals surface area contributed by atoms with Crippen LogP contribution in [0.2, 0.25) is 0 Å². The number of hydrogen-bond donors (Lipinski definition) is 2. The van der Waals surface area contributed by atoms with Crippen LogP contribution in [0.3, 0.4) is 0 Å². The van der Waals surface area contributed by atoms with Crippen LogP contribution >= 0.6 is 0 Å². The van der Waals surface area contributed by atoms with Crippen molar-refractivity contribution in [1.29, 1.82) is 0 Å². The Balaban J connectivity index is 2.21. The molecule has 0 bridgehead atoms. The van der Waals surface area contributed by atoms with Crippen LogP contribution < -0.4 is 0 Å². The lowest BCUT2D eigenvalue weighted by atomic mass is 9.80. The van der Waals surface area contributed by atoms with Crippen LogP contribution in [-0.2, 0) is 9.59 Å². The minimum Gasteiger partial charge on any atom is -0.478 e. The molecule has 0 heterocycles. The molecular weight excluding hydrogens is 292 g/mol. The zero-order chi connectivity index (χ0) is 16.4. The first kappa shape index (κ1) is 14.8. The van der Waals surface area contributed by atoms with E-state index < -0.39 is 11.9 Å². The maximum Gasteiger partial charge on any atom is 0.328 e. The first-order valence-electron chi connectivity index (χ1n) is 7.11. The van der Waals surface area contributed by atoms with E-state index in [-0.39, 0.29) is 5.92 Å². The molecule has 1 atom stereocenters. The summed E-state index contributed by atoms with van der Waals surface area (Å²) in [5.74, 6) is -2.36. The van der Waals surface area contributed by atoms with Gasteiger partial charge in [0, 0.05) is 18.1 Å². The summed E-state index contributed by atoms with van der Waals surface area (Å²) in [6.45, 7) is 0. The van der Waals surface area contributed by atoms with E-state index in [1.807, 2.05) is 42.5 Å². The van der Waals surface area contributed by atoms with Crippen LogP contribution in [0.1, 0.15) is 17.0 Å². The van der Waals surface area contributed by atoms with Crippen LogP contribution in [-0.4, -0.2) is 22.2 Å². The summed E-state index contributed by atoms with van der Waals surface area (Å²) in [6.07, 6.45) is 7.19. The molecule has 0 saturated heterocycles. The van der Waals surface area contributed by atoms with Gasteiger partial charge in [-0.1, -0.05) is 54.6 Å². The predicted octanol–water partition coefficient (Wildman–Crippen LogP) is 3.60. The monoisotopic (exact) mass is 306 g/mol. The number of hydrogen-bond acceptors (Lipinski definition) is 2. The minimum atomic E-state index is -1.04. The van der Waals surface area contributed by atoms with E-state index in [4.69, 9.17) is 10.2 Å². The zero-order valence-corrected chi connectivity index (χ0v) is 12.1. The van der Waals surface area contributed by atoms with Crippen LogP contribution in [0, 0.1) is 0 Å². The summed E-state index contributed by atoms with van der Waals surface area (Å²) in [7, 11) is 0. The molecule has 0 aliphatic heterocycles. The van der Waals surface area contributed by atoms with Crippen molar-refractivity contribution in [2.45, 2.75) is 5.92 Å². The van der Waals surface area contributed by atoms with Crippen molar-refractivity contribution in [3.8, 4) is 0 Å². The highest BCUT2D eigenvalue weighted by Crippen LogP contribution is 2.40. The van der Waals surface area contributed by atoms with Crippen molar-refractivity contribution in [3.05, 3.63) is 77.4 Å². The number of allylic oxidation sites excluding steroid dienone is 3. The van der Waals surface area contributed by atoms with Crippen LogP contribution in [0.25, 0.3) is 16.8 Å². The molecule has 114 valence electrons. The molecule has 23 heavy (non-hydrogen) atoms. The van der Waals surface area contributed by atoms with Gasteiger partial charge in [0.1, 0.15) is 0 Å². The molecule has 0 radical (unpaired) electrons. The molecule has 0 fully saturated rings. The molecule has 0 spiro atoms. The second-order valence-corrected chi connectivity index (χ2v) is 5.28. The SMILES string of the molecule is O=C(O)C=CC1=Cc2cccc3cccc(c23)C1C=CC(=O)O. The maximum absolute atomic E-state index is 10.9. The Bertz CT molecular complexity index is 882. The van der Waals surface area contributed by atoms with E-state index in [0.29, 0.717) is 0 Å². The zero-order valence-electron chi connectivity index (χ0n) is 12.1. The van der Waals surface area contributed by atoms with Crippen molar-refractivity contribution < 1.29 is 19.8 Å². The lowest BCUT2D eigenvalue weighted by Crippen LogP contribution is -2.06. The highest BCUT2D eigenvalue weighted by molar-refractivity contribution is 5.97. The van der Waals surface area contributed by atoms with Gasteiger partial charge < -0.3 is 10.2 Å². The summed E-state index contributed by atoms with van der Waals surface area (Å²) >= 11 is 0. The van der Waals surface area contributed by atoms with Gasteiger partial charge in [0.05, 0.1) is 0 Å². The molecule has 3 rings (SSSR count). The Kier molecular flexibility index (Phi) is 3.81. The first-order chi connectivity index (χ1) is 11.1. The average Bonchev–Trinajstić information content (AvgIpc) is 2.52. The fourth-order valence-electron chi connectivity index (χ4n) is 2.94. The number of carbonyl (C=O) groups is 2. The van der Waals surface area contributed by atoms with Gasteiger partial charge >= 0.3 is 11.9 Å². The standard InChI is InChI=1S/C19H14O4/c20-17(21)9-7-13-11-14-5-1-3-12-4-2-6-16(19(12)14)15(13)8-10-18(22)23/h1-11,15H,(H,20,21)(H,22,23). The lowest BCUT2D eigenvalue weighted by molar-refractivity contribution is -0.132. The van der Waals surface area contributed by atoms with Gasteiger partial charge in [-0.3, -0.25) is 0 Å². The van der Waals surface area contributed by atoms with E-state index in [1.165, 1.54) is 6.08 Å². The van der Waals surface area contributed by atoms with E-state index in [2.05, 4.69) is 0 Å². The van der Waals surface area contributed by atoms with E-state index >= 15 is 0 Å². The quantitative estimate of drug-likeness (QED) is 0.846. The van der Waals surface area contributed by atoms with Gasteiger partial charge in [0.25, 0.3) is 0 Å². The minimum absolute atomic E-state index is 0.291. The number of rotatable bonds is 4. The molecule has 2 N–H and O–H groups in total. The van der Waals surface area contributed by atoms with E-state index in [9.17, 15) is 9.59 Å². The molecule has 1 unspecified atom stereocenters. The Morgan fingerprint density at radius 3 is 2.35 bits per heavy atom. The van der Waals surface area contributed by atoms with Crippen LogP contribution in [0.15, 0.2) is 66.3 Å². The number of aliphatic carboxylic acids is 2. The second kappa shape index (κ2) is 5.93. The molecule has 2 aromatic rings. The Labute approximate surface area is 132 Å². The number of benzene rings is 2. The normalized spacial score (nSPS) is 16.9. The fourth-order valence-corrected chi connectivity index (χ4v) is 2.94. The third kappa shape index (κ3) is 2.92. The molecule has 4 heteroatoms. The molecule has 1 aliphatic rings. The van der Waals surface area contributed by atoms with Crippen molar-refractivity contribution in [3.63, 3.8) is 0 Å². The summed E-state index contributed by atoms with van der Waals surface area (Å²) in [5.41, 5.74) is 2.72. The first-order valence-corrected chi connectivity index (χ1v) is 7.11. The van der Waals surface area contributed by atoms with E-state index in [0.717, 1.165) is 39.6 Å². The van der Waals surface area contributed by atoms with Crippen molar-refractivity contribution in [2.75, 3.05) is 0 Å². The highest BCUT2D eigenvalue weighted by Gasteiger charge is 2.21. The molecule has 2 aromatic carbocycles. The highest BCUT2D eigenvalue weighted by atomic mass is 16.4. The summed E-state index contributed by atoms with van der Waals surface area (Å²) in [6, 6.07) is 11.8. The Morgan fingerprint density at radius 1 is 0.957 bits per heavy atom. The topological polar surface area (TPSA) is 74.6 Å². The van der Waals surface area contributed by atoms with Gasteiger partial charge in [0.2, 0.25) is 0 Å². The smallest absolute Gasteiger partial charge is 0.328 e. The lowest BCUT2D eigenvalue weighted by Gasteiger charge is -2.23. The fraction of sp³-hybridized carbons (Fsp3) is 0.0526. The number of carboxylic acids is 2.